The Kier molecular flexibility index (Phi) is 9.09. The lowest BCUT2D eigenvalue weighted by atomic mass is 9.81. The fourth-order valence-corrected chi connectivity index (χ4v) is 8.41. The first-order valence-electron chi connectivity index (χ1n) is 13.3. The minimum absolute atomic E-state index is 0.0119. The number of aromatic carboxylic acids is 1. The number of carbonyl (C=O) groups excluding carboxylic acids is 1. The Morgan fingerprint density at radius 2 is 1.76 bits per heavy atom. The van der Waals surface area contributed by atoms with Gasteiger partial charge in [0.25, 0.3) is 0 Å². The molecule has 0 radical (unpaired) electrons. The molecule has 4 rings (SSSR count). The quantitative estimate of drug-likeness (QED) is 0.365. The topological polar surface area (TPSA) is 70.5 Å². The summed E-state index contributed by atoms with van der Waals surface area (Å²) in [7, 11) is 0. The van der Waals surface area contributed by atoms with Crippen LogP contribution < -0.4 is 4.90 Å². The van der Waals surface area contributed by atoms with Gasteiger partial charge in [0.2, 0.25) is 5.91 Å². The Labute approximate surface area is 233 Å². The van der Waals surface area contributed by atoms with E-state index >= 15 is 0 Å². The number of hydrogen-bond acceptors (Lipinski definition) is 6. The molecule has 2 heterocycles. The van der Waals surface area contributed by atoms with Crippen LogP contribution in [0.25, 0.3) is 0 Å². The Hall–Kier alpha value is -1.82. The van der Waals surface area contributed by atoms with E-state index in [1.165, 1.54) is 16.2 Å². The molecule has 0 aliphatic heterocycles. The van der Waals surface area contributed by atoms with Gasteiger partial charge in [0.1, 0.15) is 9.22 Å². The van der Waals surface area contributed by atoms with Crippen molar-refractivity contribution >= 4 is 52.0 Å². The highest BCUT2D eigenvalue weighted by molar-refractivity contribution is 8.01. The Morgan fingerprint density at radius 3 is 2.32 bits per heavy atom. The van der Waals surface area contributed by atoms with Crippen LogP contribution in [0.4, 0.5) is 5.69 Å². The van der Waals surface area contributed by atoms with E-state index in [4.69, 9.17) is 0 Å². The Balaban J connectivity index is 1.61. The molecular formula is C29H38N2O3S3. The lowest BCUT2D eigenvalue weighted by Crippen LogP contribution is -2.46. The average Bonchev–Trinajstić information content (AvgIpc) is 3.45. The van der Waals surface area contributed by atoms with Crippen LogP contribution in [0.2, 0.25) is 0 Å². The second kappa shape index (κ2) is 11.9. The predicted molar refractivity (Wildman–Crippen MR) is 155 cm³/mol. The molecule has 37 heavy (non-hydrogen) atoms. The Bertz CT molecular complexity index is 1170. The van der Waals surface area contributed by atoms with Crippen molar-refractivity contribution in [2.24, 2.45) is 17.3 Å². The highest BCUT2D eigenvalue weighted by Gasteiger charge is 2.37. The third kappa shape index (κ3) is 7.40. The number of aryl methyl sites for hydroxylation is 1. The SMILES string of the molecule is Cc1cnc(S[C@H]2CC[C@H](N(c3cc(C#CC(C)(C)C)sc3C(=O)O)C(=O)[C@H]3CC[C@H](C)CC3)CC2)s1. The van der Waals surface area contributed by atoms with Gasteiger partial charge in [-0.15, -0.1) is 22.7 Å². The number of thiazole rings is 1. The summed E-state index contributed by atoms with van der Waals surface area (Å²) in [5, 5.41) is 10.6. The summed E-state index contributed by atoms with van der Waals surface area (Å²) in [5.41, 5.74) is 0.361. The molecular weight excluding hydrogens is 521 g/mol. The van der Waals surface area contributed by atoms with Crippen LogP contribution in [0.1, 0.15) is 98.5 Å². The normalized spacial score (nSPS) is 24.2. The fraction of sp³-hybridized carbons (Fsp3) is 0.621. The number of hydrogen-bond donors (Lipinski definition) is 1. The van der Waals surface area contributed by atoms with Gasteiger partial charge in [-0.1, -0.05) is 30.5 Å². The van der Waals surface area contributed by atoms with Gasteiger partial charge < -0.3 is 10.0 Å². The van der Waals surface area contributed by atoms with Crippen LogP contribution >= 0.6 is 34.4 Å². The van der Waals surface area contributed by atoms with Gasteiger partial charge in [0, 0.05) is 33.7 Å². The van der Waals surface area contributed by atoms with Crippen LogP contribution in [0, 0.1) is 36.0 Å². The molecule has 0 aromatic carbocycles. The van der Waals surface area contributed by atoms with E-state index in [9.17, 15) is 14.7 Å². The molecule has 0 atom stereocenters. The van der Waals surface area contributed by atoms with Crippen molar-refractivity contribution in [3.05, 3.63) is 26.9 Å². The van der Waals surface area contributed by atoms with Crippen molar-refractivity contribution in [1.82, 2.24) is 4.98 Å². The van der Waals surface area contributed by atoms with Gasteiger partial charge >= 0.3 is 5.97 Å². The highest BCUT2D eigenvalue weighted by Crippen LogP contribution is 2.41. The van der Waals surface area contributed by atoms with Crippen molar-refractivity contribution < 1.29 is 14.7 Å². The van der Waals surface area contributed by atoms with Gasteiger partial charge in [-0.25, -0.2) is 9.78 Å². The molecule has 1 N–H and O–H groups in total. The molecule has 8 heteroatoms. The summed E-state index contributed by atoms with van der Waals surface area (Å²) in [6.45, 7) is 10.4. The molecule has 0 bridgehead atoms. The van der Waals surface area contributed by atoms with E-state index in [0.717, 1.165) is 55.7 Å². The minimum atomic E-state index is -0.984. The van der Waals surface area contributed by atoms with E-state index in [0.29, 0.717) is 21.7 Å². The third-order valence-electron chi connectivity index (χ3n) is 7.21. The summed E-state index contributed by atoms with van der Waals surface area (Å²) in [6.07, 6.45) is 9.52. The van der Waals surface area contributed by atoms with Gasteiger partial charge in [0.05, 0.1) is 10.6 Å². The third-order valence-corrected chi connectivity index (χ3v) is 10.6. The molecule has 2 aromatic rings. The standard InChI is InChI=1S/C29H38N2O3S3/c1-18-6-8-20(9-7-18)26(32)31(21-10-12-22(13-11-21)37-28-30-17-19(2)35-28)24-16-23(14-15-29(3,4)5)36-25(24)27(33)34/h16-18,20-22H,6-13H2,1-5H3,(H,33,34)/t18-,20-,21-,22-. The van der Waals surface area contributed by atoms with E-state index in [1.807, 2.05) is 49.7 Å². The van der Waals surface area contributed by atoms with Crippen LogP contribution in [0.3, 0.4) is 0 Å². The van der Waals surface area contributed by atoms with E-state index in [1.54, 1.807) is 11.3 Å². The first kappa shape index (κ1) is 28.2. The van der Waals surface area contributed by atoms with Crippen molar-refractivity contribution in [2.75, 3.05) is 4.90 Å². The number of carbonyl (C=O) groups is 2. The zero-order valence-electron chi connectivity index (χ0n) is 22.5. The van der Waals surface area contributed by atoms with Gasteiger partial charge in [-0.2, -0.15) is 0 Å². The maximum absolute atomic E-state index is 14.1. The monoisotopic (exact) mass is 558 g/mol. The van der Waals surface area contributed by atoms with E-state index in [-0.39, 0.29) is 28.2 Å². The molecule has 2 aliphatic rings. The second-order valence-corrected chi connectivity index (χ2v) is 15.4. The predicted octanol–water partition coefficient (Wildman–Crippen LogP) is 7.87. The van der Waals surface area contributed by atoms with Crippen LogP contribution in [0.5, 0.6) is 0 Å². The number of aromatic nitrogens is 1. The fourth-order valence-electron chi connectivity index (χ4n) is 5.18. The number of carboxylic acids is 1. The molecule has 2 fully saturated rings. The van der Waals surface area contributed by atoms with Crippen LogP contribution in [0.15, 0.2) is 16.6 Å². The largest absolute Gasteiger partial charge is 0.477 e. The average molecular weight is 559 g/mol. The first-order chi connectivity index (χ1) is 17.5. The van der Waals surface area contributed by atoms with Gasteiger partial charge in [-0.05, 0) is 91.0 Å². The molecule has 0 unspecified atom stereocenters. The first-order valence-corrected chi connectivity index (χ1v) is 15.8. The lowest BCUT2D eigenvalue weighted by molar-refractivity contribution is -0.124. The summed E-state index contributed by atoms with van der Waals surface area (Å²) in [6, 6.07) is 1.87. The zero-order valence-corrected chi connectivity index (χ0v) is 25.0. The minimum Gasteiger partial charge on any atom is -0.477 e. The number of thioether (sulfide) groups is 1. The summed E-state index contributed by atoms with van der Waals surface area (Å²) < 4.78 is 1.11. The summed E-state index contributed by atoms with van der Waals surface area (Å²) in [4.78, 5) is 35.0. The van der Waals surface area contributed by atoms with Crippen molar-refractivity contribution in [3.8, 4) is 11.8 Å². The Morgan fingerprint density at radius 1 is 1.08 bits per heavy atom. The molecule has 200 valence electrons. The number of amides is 1. The number of carboxylic acid groups (broad SMARTS) is 1. The van der Waals surface area contributed by atoms with E-state index in [2.05, 4.69) is 30.7 Å². The summed E-state index contributed by atoms with van der Waals surface area (Å²) in [5.74, 6) is 6.13. The van der Waals surface area contributed by atoms with Crippen molar-refractivity contribution in [3.63, 3.8) is 0 Å². The van der Waals surface area contributed by atoms with Crippen LogP contribution in [-0.2, 0) is 4.79 Å². The maximum atomic E-state index is 14.1. The van der Waals surface area contributed by atoms with Gasteiger partial charge in [-0.3, -0.25) is 4.79 Å². The molecule has 2 aromatic heterocycles. The molecule has 1 amide bonds. The van der Waals surface area contributed by atoms with E-state index < -0.39 is 5.97 Å². The zero-order chi connectivity index (χ0) is 26.7. The van der Waals surface area contributed by atoms with Gasteiger partial charge in [0.15, 0.2) is 0 Å². The highest BCUT2D eigenvalue weighted by atomic mass is 32.2. The smallest absolute Gasteiger partial charge is 0.348 e. The molecule has 5 nitrogen and oxygen atoms in total. The molecule has 2 aliphatic carbocycles. The second-order valence-electron chi connectivity index (χ2n) is 11.6. The lowest BCUT2D eigenvalue weighted by Gasteiger charge is -2.39. The van der Waals surface area contributed by atoms with Crippen molar-refractivity contribution in [2.45, 2.75) is 102 Å². The number of nitrogens with zero attached hydrogens (tertiary/aromatic N) is 2. The molecule has 0 saturated heterocycles. The molecule has 0 spiro atoms. The summed E-state index contributed by atoms with van der Waals surface area (Å²) >= 11 is 4.77. The molecule has 2 saturated carbocycles. The number of thiophene rings is 1. The van der Waals surface area contributed by atoms with Crippen LogP contribution in [-0.4, -0.2) is 33.3 Å². The number of anilines is 1. The number of rotatable bonds is 6. The van der Waals surface area contributed by atoms with Crippen molar-refractivity contribution in [1.29, 1.82) is 0 Å². The maximum Gasteiger partial charge on any atom is 0.348 e.